The monoisotopic (exact) mass is 388 g/mol. The highest BCUT2D eigenvalue weighted by atomic mass is 35.5. The number of carbonyl (C=O) groups is 2. The van der Waals surface area contributed by atoms with Gasteiger partial charge < -0.3 is 5.32 Å². The molecule has 3 rings (SSSR count). The molecule has 1 saturated heterocycles. The van der Waals surface area contributed by atoms with E-state index in [0.29, 0.717) is 19.9 Å². The Balaban J connectivity index is 1.91. The van der Waals surface area contributed by atoms with Gasteiger partial charge in [-0.25, -0.2) is 4.79 Å². The van der Waals surface area contributed by atoms with Crippen molar-refractivity contribution in [3.63, 3.8) is 0 Å². The summed E-state index contributed by atoms with van der Waals surface area (Å²) in [5.74, 6) is -0.342. The molecule has 1 aliphatic heterocycles. The lowest BCUT2D eigenvalue weighted by Crippen LogP contribution is -2.40. The average molecular weight is 390 g/mol. The standard InChI is InChI=1S/C15H11Cl3N2O2S/c1-15(8-2-4-10(16)11(17)6-8)13(21)20(14(22)19-15)7-9-3-5-12(18)23-9/h2-6H,7H2,1H3,(H,19,22). The van der Waals surface area contributed by atoms with E-state index in [4.69, 9.17) is 34.8 Å². The summed E-state index contributed by atoms with van der Waals surface area (Å²) in [5, 5.41) is 3.45. The van der Waals surface area contributed by atoms with Gasteiger partial charge in [0.1, 0.15) is 5.54 Å². The smallest absolute Gasteiger partial charge is 0.319 e. The Morgan fingerprint density at radius 3 is 2.48 bits per heavy atom. The van der Waals surface area contributed by atoms with Crippen LogP contribution in [0.5, 0.6) is 0 Å². The third-order valence-corrected chi connectivity index (χ3v) is 5.67. The Hall–Kier alpha value is -1.27. The highest BCUT2D eigenvalue weighted by Gasteiger charge is 2.49. The molecule has 0 bridgehead atoms. The maximum Gasteiger partial charge on any atom is 0.325 e. The predicted molar refractivity (Wildman–Crippen MR) is 92.2 cm³/mol. The van der Waals surface area contributed by atoms with Crippen molar-refractivity contribution in [3.8, 4) is 0 Å². The number of nitrogens with zero attached hydrogens (tertiary/aromatic N) is 1. The van der Waals surface area contributed by atoms with E-state index in [0.717, 1.165) is 4.88 Å². The molecule has 0 saturated carbocycles. The van der Waals surface area contributed by atoms with Gasteiger partial charge in [0.05, 0.1) is 20.9 Å². The fourth-order valence-electron chi connectivity index (χ4n) is 2.44. The molecular formula is C15H11Cl3N2O2S. The third kappa shape index (κ3) is 2.94. The Labute approximate surface area is 151 Å². The first-order valence-corrected chi connectivity index (χ1v) is 8.60. The molecule has 1 N–H and O–H groups in total. The number of benzene rings is 1. The zero-order valence-corrected chi connectivity index (χ0v) is 15.0. The number of hydrogen-bond acceptors (Lipinski definition) is 3. The van der Waals surface area contributed by atoms with Crippen molar-refractivity contribution >= 4 is 58.1 Å². The predicted octanol–water partition coefficient (Wildman–Crippen LogP) is 4.68. The van der Waals surface area contributed by atoms with Gasteiger partial charge in [0.15, 0.2) is 0 Å². The molecule has 8 heteroatoms. The van der Waals surface area contributed by atoms with Crippen molar-refractivity contribution in [2.24, 2.45) is 0 Å². The zero-order chi connectivity index (χ0) is 16.8. The van der Waals surface area contributed by atoms with Crippen LogP contribution >= 0.6 is 46.1 Å². The molecule has 2 aromatic rings. The summed E-state index contributed by atoms with van der Waals surface area (Å²) in [5.41, 5.74) is -0.594. The minimum Gasteiger partial charge on any atom is -0.319 e. The molecule has 23 heavy (non-hydrogen) atoms. The number of amides is 3. The zero-order valence-electron chi connectivity index (χ0n) is 11.9. The van der Waals surface area contributed by atoms with Crippen molar-refractivity contribution in [1.29, 1.82) is 0 Å². The molecule has 0 aliphatic carbocycles. The Morgan fingerprint density at radius 1 is 1.13 bits per heavy atom. The lowest BCUT2D eigenvalue weighted by atomic mass is 9.92. The highest BCUT2D eigenvalue weighted by Crippen LogP contribution is 2.34. The van der Waals surface area contributed by atoms with Gasteiger partial charge in [-0.3, -0.25) is 9.69 Å². The Morgan fingerprint density at radius 2 is 1.87 bits per heavy atom. The molecule has 1 fully saturated rings. The van der Waals surface area contributed by atoms with E-state index in [1.807, 2.05) is 0 Å². The van der Waals surface area contributed by atoms with E-state index < -0.39 is 11.6 Å². The molecule has 1 aromatic carbocycles. The topological polar surface area (TPSA) is 49.4 Å². The first kappa shape index (κ1) is 16.6. The van der Waals surface area contributed by atoms with Crippen molar-refractivity contribution in [1.82, 2.24) is 10.2 Å². The van der Waals surface area contributed by atoms with Crippen LogP contribution in [-0.4, -0.2) is 16.8 Å². The number of imide groups is 1. The molecule has 2 heterocycles. The molecule has 4 nitrogen and oxygen atoms in total. The molecule has 1 aromatic heterocycles. The number of nitrogens with one attached hydrogen (secondary N) is 1. The van der Waals surface area contributed by atoms with Gasteiger partial charge in [0.25, 0.3) is 5.91 Å². The van der Waals surface area contributed by atoms with Gasteiger partial charge in [-0.15, -0.1) is 11.3 Å². The minimum atomic E-state index is -1.17. The molecule has 1 atom stereocenters. The summed E-state index contributed by atoms with van der Waals surface area (Å²) < 4.78 is 0.610. The highest BCUT2D eigenvalue weighted by molar-refractivity contribution is 7.16. The van der Waals surface area contributed by atoms with E-state index in [9.17, 15) is 9.59 Å². The second-order valence-electron chi connectivity index (χ2n) is 5.28. The van der Waals surface area contributed by atoms with Crippen LogP contribution in [0.25, 0.3) is 0 Å². The first-order valence-electron chi connectivity index (χ1n) is 6.65. The summed E-state index contributed by atoms with van der Waals surface area (Å²) in [6, 6.07) is 7.95. The lowest BCUT2D eigenvalue weighted by molar-refractivity contribution is -0.131. The number of hydrogen-bond donors (Lipinski definition) is 1. The van der Waals surface area contributed by atoms with Gasteiger partial charge in [-0.05, 0) is 36.8 Å². The van der Waals surface area contributed by atoms with Crippen molar-refractivity contribution in [2.75, 3.05) is 0 Å². The first-order chi connectivity index (χ1) is 10.8. The van der Waals surface area contributed by atoms with E-state index in [2.05, 4.69) is 5.32 Å². The average Bonchev–Trinajstić information content (AvgIpc) is 3.00. The summed E-state index contributed by atoms with van der Waals surface area (Å²) in [6.07, 6.45) is 0. The molecule has 3 amide bonds. The van der Waals surface area contributed by atoms with Crippen LogP contribution in [0, 0.1) is 0 Å². The number of rotatable bonds is 3. The van der Waals surface area contributed by atoms with Crippen LogP contribution in [0.2, 0.25) is 14.4 Å². The Kier molecular flexibility index (Phi) is 4.31. The minimum absolute atomic E-state index is 0.180. The summed E-state index contributed by atoms with van der Waals surface area (Å²) in [7, 11) is 0. The molecule has 120 valence electrons. The van der Waals surface area contributed by atoms with Crippen LogP contribution < -0.4 is 5.32 Å². The number of urea groups is 1. The van der Waals surface area contributed by atoms with Gasteiger partial charge in [-0.1, -0.05) is 40.9 Å². The second kappa shape index (κ2) is 5.98. The van der Waals surface area contributed by atoms with Gasteiger partial charge in [-0.2, -0.15) is 0 Å². The maximum absolute atomic E-state index is 12.8. The maximum atomic E-state index is 12.8. The van der Waals surface area contributed by atoms with Crippen LogP contribution in [0.1, 0.15) is 17.4 Å². The number of carbonyl (C=O) groups excluding carboxylic acids is 2. The van der Waals surface area contributed by atoms with E-state index >= 15 is 0 Å². The van der Waals surface area contributed by atoms with Crippen molar-refractivity contribution in [3.05, 3.63) is 55.2 Å². The normalized spacial score (nSPS) is 21.0. The SMILES string of the molecule is CC1(c2ccc(Cl)c(Cl)c2)NC(=O)N(Cc2ccc(Cl)s2)C1=O. The molecule has 0 spiro atoms. The van der Waals surface area contributed by atoms with Crippen LogP contribution in [0.15, 0.2) is 30.3 Å². The fourth-order valence-corrected chi connectivity index (χ4v) is 3.81. The van der Waals surface area contributed by atoms with E-state index in [1.165, 1.54) is 16.2 Å². The quantitative estimate of drug-likeness (QED) is 0.775. The summed E-state index contributed by atoms with van der Waals surface area (Å²) in [6.45, 7) is 1.83. The third-order valence-electron chi connectivity index (χ3n) is 3.71. The van der Waals surface area contributed by atoms with E-state index in [-0.39, 0.29) is 12.5 Å². The van der Waals surface area contributed by atoms with Crippen LogP contribution in [0.3, 0.4) is 0 Å². The molecular weight excluding hydrogens is 379 g/mol. The largest absolute Gasteiger partial charge is 0.325 e. The molecule has 0 radical (unpaired) electrons. The fraction of sp³-hybridized carbons (Fsp3) is 0.200. The number of thiophene rings is 1. The summed E-state index contributed by atoms with van der Waals surface area (Å²) in [4.78, 5) is 27.0. The summed E-state index contributed by atoms with van der Waals surface area (Å²) >= 11 is 19.2. The Bertz CT molecular complexity index is 808. The lowest BCUT2D eigenvalue weighted by Gasteiger charge is -2.22. The van der Waals surface area contributed by atoms with Crippen LogP contribution in [0.4, 0.5) is 4.79 Å². The molecule has 1 unspecified atom stereocenters. The van der Waals surface area contributed by atoms with Gasteiger partial charge in [0, 0.05) is 4.88 Å². The number of halogens is 3. The van der Waals surface area contributed by atoms with Crippen molar-refractivity contribution in [2.45, 2.75) is 19.0 Å². The van der Waals surface area contributed by atoms with E-state index in [1.54, 1.807) is 37.3 Å². The second-order valence-corrected chi connectivity index (χ2v) is 7.90. The van der Waals surface area contributed by atoms with Gasteiger partial charge >= 0.3 is 6.03 Å². The van der Waals surface area contributed by atoms with Gasteiger partial charge in [0.2, 0.25) is 0 Å². The molecule has 1 aliphatic rings. The van der Waals surface area contributed by atoms with Crippen molar-refractivity contribution < 1.29 is 9.59 Å². The van der Waals surface area contributed by atoms with Crippen LogP contribution in [-0.2, 0) is 16.9 Å².